The fraction of sp³-hybridized carbons (Fsp3) is 0.667. The lowest BCUT2D eigenvalue weighted by molar-refractivity contribution is 0.294. The molecule has 1 atom stereocenters. The molecule has 0 saturated heterocycles. The minimum atomic E-state index is 0.723. The van der Waals surface area contributed by atoms with Crippen molar-refractivity contribution in [2.45, 2.75) is 47.0 Å². The highest BCUT2D eigenvalue weighted by molar-refractivity contribution is 9.10. The van der Waals surface area contributed by atoms with Crippen LogP contribution in [0, 0.1) is 17.8 Å². The van der Waals surface area contributed by atoms with E-state index in [2.05, 4.69) is 73.2 Å². The van der Waals surface area contributed by atoms with E-state index in [1.807, 2.05) is 0 Å². The predicted molar refractivity (Wildman–Crippen MR) is 93.1 cm³/mol. The average molecular weight is 340 g/mol. The average Bonchev–Trinajstić information content (AvgIpc) is 2.42. The highest BCUT2D eigenvalue weighted by atomic mass is 79.9. The molecule has 20 heavy (non-hydrogen) atoms. The SMILES string of the molecule is CCC(CC)C(CNCC(C)C)Cc1ccccc1Br. The van der Waals surface area contributed by atoms with Crippen molar-refractivity contribution in [1.29, 1.82) is 0 Å². The summed E-state index contributed by atoms with van der Waals surface area (Å²) < 4.78 is 1.25. The van der Waals surface area contributed by atoms with Crippen molar-refractivity contribution in [3.63, 3.8) is 0 Å². The zero-order valence-electron chi connectivity index (χ0n) is 13.5. The Morgan fingerprint density at radius 2 is 1.65 bits per heavy atom. The van der Waals surface area contributed by atoms with E-state index in [4.69, 9.17) is 0 Å². The molecule has 0 bridgehead atoms. The van der Waals surface area contributed by atoms with Gasteiger partial charge < -0.3 is 5.32 Å². The molecule has 0 aromatic heterocycles. The summed E-state index contributed by atoms with van der Waals surface area (Å²) in [6.07, 6.45) is 3.71. The molecule has 1 aromatic rings. The van der Waals surface area contributed by atoms with Gasteiger partial charge in [0.15, 0.2) is 0 Å². The summed E-state index contributed by atoms with van der Waals surface area (Å²) in [4.78, 5) is 0. The molecule has 0 heterocycles. The number of hydrogen-bond acceptors (Lipinski definition) is 1. The van der Waals surface area contributed by atoms with Crippen molar-refractivity contribution >= 4 is 15.9 Å². The Morgan fingerprint density at radius 1 is 1.00 bits per heavy atom. The fourth-order valence-electron chi connectivity index (χ4n) is 2.86. The lowest BCUT2D eigenvalue weighted by Gasteiger charge is -2.26. The van der Waals surface area contributed by atoms with Crippen molar-refractivity contribution < 1.29 is 0 Å². The summed E-state index contributed by atoms with van der Waals surface area (Å²) in [5, 5.41) is 3.66. The van der Waals surface area contributed by atoms with Crippen LogP contribution >= 0.6 is 15.9 Å². The van der Waals surface area contributed by atoms with E-state index in [9.17, 15) is 0 Å². The second-order valence-corrected chi connectivity index (χ2v) is 7.04. The summed E-state index contributed by atoms with van der Waals surface area (Å²) in [6.45, 7) is 11.4. The van der Waals surface area contributed by atoms with Gasteiger partial charge in [-0.05, 0) is 48.9 Å². The third-order valence-corrected chi connectivity index (χ3v) is 4.89. The van der Waals surface area contributed by atoms with Crippen molar-refractivity contribution in [2.75, 3.05) is 13.1 Å². The molecule has 0 radical (unpaired) electrons. The lowest BCUT2D eigenvalue weighted by atomic mass is 9.83. The Labute approximate surface area is 133 Å². The monoisotopic (exact) mass is 339 g/mol. The molecule has 1 unspecified atom stereocenters. The second kappa shape index (κ2) is 9.57. The van der Waals surface area contributed by atoms with Gasteiger partial charge in [-0.1, -0.05) is 74.7 Å². The number of hydrogen-bond donors (Lipinski definition) is 1. The molecule has 0 saturated carbocycles. The molecule has 0 aliphatic rings. The first-order valence-electron chi connectivity index (χ1n) is 8.02. The predicted octanol–water partition coefficient (Wildman–Crippen LogP) is 5.29. The molecule has 1 rings (SSSR count). The van der Waals surface area contributed by atoms with Gasteiger partial charge in [-0.2, -0.15) is 0 Å². The van der Waals surface area contributed by atoms with Gasteiger partial charge in [0.25, 0.3) is 0 Å². The Kier molecular flexibility index (Phi) is 8.47. The van der Waals surface area contributed by atoms with Crippen LogP contribution in [0.4, 0.5) is 0 Å². The quantitative estimate of drug-likeness (QED) is 0.644. The summed E-state index contributed by atoms with van der Waals surface area (Å²) >= 11 is 3.69. The maximum atomic E-state index is 3.69. The summed E-state index contributed by atoms with van der Waals surface area (Å²) in [5.41, 5.74) is 1.44. The second-order valence-electron chi connectivity index (χ2n) is 6.18. The number of halogens is 1. The van der Waals surface area contributed by atoms with Gasteiger partial charge in [0, 0.05) is 4.47 Å². The van der Waals surface area contributed by atoms with E-state index in [1.54, 1.807) is 0 Å². The molecule has 1 nitrogen and oxygen atoms in total. The van der Waals surface area contributed by atoms with E-state index < -0.39 is 0 Å². The third kappa shape index (κ3) is 5.97. The van der Waals surface area contributed by atoms with Crippen LogP contribution in [-0.4, -0.2) is 13.1 Å². The minimum absolute atomic E-state index is 0.723. The van der Waals surface area contributed by atoms with Crippen molar-refractivity contribution in [3.8, 4) is 0 Å². The molecule has 0 fully saturated rings. The van der Waals surface area contributed by atoms with Gasteiger partial charge in [-0.15, -0.1) is 0 Å². The summed E-state index contributed by atoms with van der Waals surface area (Å²) in [6, 6.07) is 8.64. The topological polar surface area (TPSA) is 12.0 Å². The highest BCUT2D eigenvalue weighted by Crippen LogP contribution is 2.26. The van der Waals surface area contributed by atoms with Crippen molar-refractivity contribution in [1.82, 2.24) is 5.32 Å². The van der Waals surface area contributed by atoms with E-state index in [1.165, 1.54) is 29.3 Å². The maximum Gasteiger partial charge on any atom is 0.0207 e. The largest absolute Gasteiger partial charge is 0.316 e. The zero-order valence-corrected chi connectivity index (χ0v) is 15.0. The lowest BCUT2D eigenvalue weighted by Crippen LogP contribution is -2.31. The Hall–Kier alpha value is -0.340. The Morgan fingerprint density at radius 3 is 2.20 bits per heavy atom. The molecule has 114 valence electrons. The first-order chi connectivity index (χ1) is 9.58. The van der Waals surface area contributed by atoms with Crippen LogP contribution in [0.25, 0.3) is 0 Å². The van der Waals surface area contributed by atoms with Crippen LogP contribution in [0.1, 0.15) is 46.1 Å². The van der Waals surface area contributed by atoms with Crippen LogP contribution in [0.5, 0.6) is 0 Å². The van der Waals surface area contributed by atoms with Crippen LogP contribution in [0.15, 0.2) is 28.7 Å². The van der Waals surface area contributed by atoms with E-state index in [0.29, 0.717) is 0 Å². The van der Waals surface area contributed by atoms with Crippen LogP contribution < -0.4 is 5.32 Å². The molecule has 0 amide bonds. The summed E-state index contributed by atoms with van der Waals surface area (Å²) in [5.74, 6) is 2.25. The molecule has 0 spiro atoms. The maximum absolute atomic E-state index is 3.69. The zero-order chi connectivity index (χ0) is 15.0. The standard InChI is InChI=1S/C18H30BrN/c1-5-15(6-2)17(13-20-12-14(3)4)11-16-9-7-8-10-18(16)19/h7-10,14-15,17,20H,5-6,11-13H2,1-4H3. The molecule has 0 aliphatic carbocycles. The number of nitrogens with one attached hydrogen (secondary N) is 1. The number of rotatable bonds is 9. The van der Waals surface area contributed by atoms with Gasteiger partial charge in [0.05, 0.1) is 0 Å². The van der Waals surface area contributed by atoms with Crippen LogP contribution in [0.2, 0.25) is 0 Å². The molecule has 2 heteroatoms. The van der Waals surface area contributed by atoms with Gasteiger partial charge in [-0.3, -0.25) is 0 Å². The Balaban J connectivity index is 2.69. The normalized spacial score (nSPS) is 13.2. The van der Waals surface area contributed by atoms with E-state index in [0.717, 1.165) is 30.8 Å². The van der Waals surface area contributed by atoms with Gasteiger partial charge in [-0.25, -0.2) is 0 Å². The number of benzene rings is 1. The molecule has 1 N–H and O–H groups in total. The van der Waals surface area contributed by atoms with Crippen LogP contribution in [-0.2, 0) is 6.42 Å². The molecular weight excluding hydrogens is 310 g/mol. The first kappa shape index (κ1) is 17.7. The Bertz CT molecular complexity index is 371. The smallest absolute Gasteiger partial charge is 0.0207 e. The first-order valence-corrected chi connectivity index (χ1v) is 8.81. The fourth-order valence-corrected chi connectivity index (χ4v) is 3.31. The van der Waals surface area contributed by atoms with Crippen molar-refractivity contribution in [2.24, 2.45) is 17.8 Å². The van der Waals surface area contributed by atoms with Gasteiger partial charge >= 0.3 is 0 Å². The van der Waals surface area contributed by atoms with E-state index in [-0.39, 0.29) is 0 Å². The van der Waals surface area contributed by atoms with Crippen molar-refractivity contribution in [3.05, 3.63) is 34.3 Å². The third-order valence-electron chi connectivity index (χ3n) is 4.11. The van der Waals surface area contributed by atoms with Crippen LogP contribution in [0.3, 0.4) is 0 Å². The highest BCUT2D eigenvalue weighted by Gasteiger charge is 2.19. The minimum Gasteiger partial charge on any atom is -0.316 e. The summed E-state index contributed by atoms with van der Waals surface area (Å²) in [7, 11) is 0. The van der Waals surface area contributed by atoms with E-state index >= 15 is 0 Å². The van der Waals surface area contributed by atoms with Gasteiger partial charge in [0.1, 0.15) is 0 Å². The molecule has 0 aliphatic heterocycles. The molecular formula is C18H30BrN. The van der Waals surface area contributed by atoms with Gasteiger partial charge in [0.2, 0.25) is 0 Å². The molecule has 1 aromatic carbocycles.